The Balaban J connectivity index is 1.49. The zero-order chi connectivity index (χ0) is 18.4. The van der Waals surface area contributed by atoms with Crippen molar-refractivity contribution in [3.63, 3.8) is 0 Å². The van der Waals surface area contributed by atoms with Gasteiger partial charge in [0, 0.05) is 22.5 Å². The number of amides is 1. The summed E-state index contributed by atoms with van der Waals surface area (Å²) in [7, 11) is 1.59. The number of thiazole rings is 2. The van der Waals surface area contributed by atoms with Crippen LogP contribution < -0.4 is 10.1 Å². The number of thioether (sulfide) groups is 1. The van der Waals surface area contributed by atoms with Crippen molar-refractivity contribution in [3.8, 4) is 5.75 Å². The number of nitrogens with zero attached hydrogens (tertiary/aromatic N) is 2. The number of ketones is 1. The molecule has 0 bridgehead atoms. The fourth-order valence-electron chi connectivity index (χ4n) is 2.04. The molecule has 134 valence electrons. The van der Waals surface area contributed by atoms with Crippen molar-refractivity contribution in [2.24, 2.45) is 0 Å². The van der Waals surface area contributed by atoms with Crippen LogP contribution in [0.4, 0.5) is 5.13 Å². The average Bonchev–Trinajstić information content (AvgIpc) is 3.31. The summed E-state index contributed by atoms with van der Waals surface area (Å²) in [5, 5.41) is 6.93. The topological polar surface area (TPSA) is 81.2 Å². The zero-order valence-electron chi connectivity index (χ0n) is 13.8. The predicted octanol–water partition coefficient (Wildman–Crippen LogP) is 3.76. The van der Waals surface area contributed by atoms with E-state index in [1.54, 1.807) is 43.0 Å². The molecule has 2 heterocycles. The Labute approximate surface area is 162 Å². The molecule has 1 aromatic carbocycles. The maximum Gasteiger partial charge on any atom is 0.232 e. The molecule has 2 aromatic heterocycles. The first kappa shape index (κ1) is 18.6. The van der Waals surface area contributed by atoms with Crippen molar-refractivity contribution in [2.75, 3.05) is 18.2 Å². The second-order valence-corrected chi connectivity index (χ2v) is 8.08. The minimum atomic E-state index is -0.156. The van der Waals surface area contributed by atoms with Crippen LogP contribution >= 0.6 is 34.4 Å². The number of hydrogen-bond donors (Lipinski definition) is 1. The van der Waals surface area contributed by atoms with Crippen LogP contribution in [0.1, 0.15) is 16.1 Å². The molecule has 0 aliphatic rings. The van der Waals surface area contributed by atoms with Gasteiger partial charge in [0.25, 0.3) is 0 Å². The van der Waals surface area contributed by atoms with Gasteiger partial charge in [-0.25, -0.2) is 9.97 Å². The maximum absolute atomic E-state index is 12.2. The van der Waals surface area contributed by atoms with Crippen LogP contribution in [0.15, 0.2) is 45.6 Å². The van der Waals surface area contributed by atoms with E-state index in [1.165, 1.54) is 34.4 Å². The standard InChI is InChI=1S/C17H15N3O3S3/c1-23-13-4-2-11(3-5-13)14(21)10-26-17-19-12(9-25-17)8-15(22)20-16-18-6-7-24-16/h2-7,9H,8,10H2,1H3,(H,18,20,22). The summed E-state index contributed by atoms with van der Waals surface area (Å²) in [5.74, 6) is 0.881. The van der Waals surface area contributed by atoms with Gasteiger partial charge < -0.3 is 10.1 Å². The molecule has 1 N–H and O–H groups in total. The lowest BCUT2D eigenvalue weighted by atomic mass is 10.1. The van der Waals surface area contributed by atoms with Crippen LogP contribution in [-0.4, -0.2) is 34.5 Å². The van der Waals surface area contributed by atoms with E-state index in [2.05, 4.69) is 15.3 Å². The molecular weight excluding hydrogens is 390 g/mol. The summed E-state index contributed by atoms with van der Waals surface area (Å²) in [6, 6.07) is 7.02. The Morgan fingerprint density at radius 1 is 1.23 bits per heavy atom. The number of carbonyl (C=O) groups excluding carboxylic acids is 2. The Kier molecular flexibility index (Phi) is 6.37. The summed E-state index contributed by atoms with van der Waals surface area (Å²) < 4.78 is 5.85. The highest BCUT2D eigenvalue weighted by Crippen LogP contribution is 2.24. The molecule has 6 nitrogen and oxygen atoms in total. The fraction of sp³-hybridized carbons (Fsp3) is 0.176. The van der Waals surface area contributed by atoms with Gasteiger partial charge in [-0.15, -0.1) is 22.7 Å². The summed E-state index contributed by atoms with van der Waals surface area (Å²) in [6.45, 7) is 0. The molecule has 0 saturated heterocycles. The lowest BCUT2D eigenvalue weighted by molar-refractivity contribution is -0.115. The molecule has 0 saturated carbocycles. The quantitative estimate of drug-likeness (QED) is 0.454. The van der Waals surface area contributed by atoms with Crippen molar-refractivity contribution in [1.82, 2.24) is 9.97 Å². The van der Waals surface area contributed by atoms with E-state index in [-0.39, 0.29) is 18.1 Å². The van der Waals surface area contributed by atoms with Crippen molar-refractivity contribution >= 4 is 51.3 Å². The lowest BCUT2D eigenvalue weighted by Gasteiger charge is -2.02. The van der Waals surface area contributed by atoms with Gasteiger partial charge in [-0.3, -0.25) is 9.59 Å². The number of rotatable bonds is 8. The third-order valence-electron chi connectivity index (χ3n) is 3.29. The first-order chi connectivity index (χ1) is 12.6. The van der Waals surface area contributed by atoms with Crippen molar-refractivity contribution in [2.45, 2.75) is 10.8 Å². The van der Waals surface area contributed by atoms with Crippen molar-refractivity contribution in [3.05, 3.63) is 52.5 Å². The van der Waals surface area contributed by atoms with E-state index in [0.29, 0.717) is 22.1 Å². The molecule has 0 unspecified atom stereocenters. The smallest absolute Gasteiger partial charge is 0.232 e. The molecule has 0 atom stereocenters. The van der Waals surface area contributed by atoms with Crippen molar-refractivity contribution in [1.29, 1.82) is 0 Å². The maximum atomic E-state index is 12.2. The van der Waals surface area contributed by atoms with E-state index in [1.807, 2.05) is 5.38 Å². The number of Topliss-reactive ketones (excluding diaryl/α,β-unsaturated/α-hetero) is 1. The van der Waals surface area contributed by atoms with Gasteiger partial charge in [-0.2, -0.15) is 0 Å². The Hall–Kier alpha value is -2.23. The first-order valence-electron chi connectivity index (χ1n) is 7.58. The molecule has 0 radical (unpaired) electrons. The van der Waals surface area contributed by atoms with E-state index < -0.39 is 0 Å². The molecule has 3 aromatic rings. The number of hydrogen-bond acceptors (Lipinski definition) is 8. The highest BCUT2D eigenvalue weighted by atomic mass is 32.2. The van der Waals surface area contributed by atoms with E-state index >= 15 is 0 Å². The van der Waals surface area contributed by atoms with Gasteiger partial charge in [-0.05, 0) is 24.3 Å². The zero-order valence-corrected chi connectivity index (χ0v) is 16.2. The number of benzene rings is 1. The van der Waals surface area contributed by atoms with E-state index in [4.69, 9.17) is 4.74 Å². The van der Waals surface area contributed by atoms with Gasteiger partial charge in [-0.1, -0.05) is 11.8 Å². The van der Waals surface area contributed by atoms with Crippen LogP contribution in [0.25, 0.3) is 0 Å². The SMILES string of the molecule is COc1ccc(C(=O)CSc2nc(CC(=O)Nc3nccs3)cs2)cc1. The second-order valence-electron chi connectivity index (χ2n) is 5.11. The van der Waals surface area contributed by atoms with Gasteiger partial charge in [0.2, 0.25) is 5.91 Å². The van der Waals surface area contributed by atoms with E-state index in [9.17, 15) is 9.59 Å². The highest BCUT2D eigenvalue weighted by molar-refractivity contribution is 8.01. The number of nitrogens with one attached hydrogen (secondary N) is 1. The third kappa shape index (κ3) is 5.13. The van der Waals surface area contributed by atoms with Crippen LogP contribution in [-0.2, 0) is 11.2 Å². The minimum absolute atomic E-state index is 0.0240. The number of methoxy groups -OCH3 is 1. The largest absolute Gasteiger partial charge is 0.497 e. The van der Waals surface area contributed by atoms with Gasteiger partial charge in [0.1, 0.15) is 5.75 Å². The average molecular weight is 406 g/mol. The molecule has 0 aliphatic heterocycles. The number of ether oxygens (including phenoxy) is 1. The van der Waals surface area contributed by atoms with Crippen LogP contribution in [0.3, 0.4) is 0 Å². The summed E-state index contributed by atoms with van der Waals surface area (Å²) in [5.41, 5.74) is 1.32. The highest BCUT2D eigenvalue weighted by Gasteiger charge is 2.12. The first-order valence-corrected chi connectivity index (χ1v) is 10.3. The number of aromatic nitrogens is 2. The Bertz CT molecular complexity index is 876. The monoisotopic (exact) mass is 405 g/mol. The normalized spacial score (nSPS) is 10.5. The number of anilines is 1. The van der Waals surface area contributed by atoms with Gasteiger partial charge >= 0.3 is 0 Å². The molecule has 0 fully saturated rings. The molecule has 0 aliphatic carbocycles. The third-order valence-corrected chi connectivity index (χ3v) is 6.05. The molecule has 9 heteroatoms. The van der Waals surface area contributed by atoms with Crippen LogP contribution in [0, 0.1) is 0 Å². The number of carbonyl (C=O) groups is 2. The Morgan fingerprint density at radius 2 is 2.04 bits per heavy atom. The Morgan fingerprint density at radius 3 is 2.73 bits per heavy atom. The predicted molar refractivity (Wildman–Crippen MR) is 105 cm³/mol. The van der Waals surface area contributed by atoms with Crippen LogP contribution in [0.5, 0.6) is 5.75 Å². The van der Waals surface area contributed by atoms with E-state index in [0.717, 1.165) is 10.1 Å². The molecule has 1 amide bonds. The minimum Gasteiger partial charge on any atom is -0.497 e. The van der Waals surface area contributed by atoms with Gasteiger partial charge in [0.05, 0.1) is 25.0 Å². The lowest BCUT2D eigenvalue weighted by Crippen LogP contribution is -2.14. The summed E-state index contributed by atoms with van der Waals surface area (Å²) >= 11 is 4.17. The summed E-state index contributed by atoms with van der Waals surface area (Å²) in [4.78, 5) is 32.6. The van der Waals surface area contributed by atoms with Crippen LogP contribution in [0.2, 0.25) is 0 Å². The fourth-order valence-corrected chi connectivity index (χ4v) is 4.32. The van der Waals surface area contributed by atoms with Crippen molar-refractivity contribution < 1.29 is 14.3 Å². The molecule has 26 heavy (non-hydrogen) atoms. The molecular formula is C17H15N3O3S3. The summed E-state index contributed by atoms with van der Waals surface area (Å²) in [6.07, 6.45) is 1.82. The van der Waals surface area contributed by atoms with Gasteiger partial charge in [0.15, 0.2) is 15.3 Å². The second kappa shape index (κ2) is 8.93. The molecule has 0 spiro atoms. The molecule has 3 rings (SSSR count).